The Balaban J connectivity index is 2.13. The Morgan fingerprint density at radius 1 is 1.12 bits per heavy atom. The summed E-state index contributed by atoms with van der Waals surface area (Å²) in [4.78, 5) is 35.7. The molecular formula is C23H27IN4O6. The number of hydrogen-bond donors (Lipinski definition) is 3. The molecule has 0 aliphatic carbocycles. The second kappa shape index (κ2) is 14.0. The number of hydrazone groups is 1. The number of nitrogens with zero attached hydrogens (tertiary/aromatic N) is 1. The third-order valence-electron chi connectivity index (χ3n) is 4.25. The first-order valence-electron chi connectivity index (χ1n) is 10.5. The molecule has 0 unspecified atom stereocenters. The lowest BCUT2D eigenvalue weighted by atomic mass is 10.1. The van der Waals surface area contributed by atoms with E-state index in [9.17, 15) is 14.4 Å². The van der Waals surface area contributed by atoms with Crippen molar-refractivity contribution in [1.82, 2.24) is 10.7 Å². The molecule has 0 spiro atoms. The van der Waals surface area contributed by atoms with E-state index < -0.39 is 23.9 Å². The minimum absolute atomic E-state index is 0.184. The van der Waals surface area contributed by atoms with Crippen LogP contribution >= 0.6 is 22.6 Å². The Bertz CT molecular complexity index is 1020. The molecule has 0 aliphatic rings. The third-order valence-corrected chi connectivity index (χ3v) is 5.05. The molecule has 0 aromatic heterocycles. The third kappa shape index (κ3) is 8.89. The van der Waals surface area contributed by atoms with Crippen molar-refractivity contribution >= 4 is 46.7 Å². The van der Waals surface area contributed by atoms with Crippen molar-refractivity contribution in [2.24, 2.45) is 10.8 Å². The second-order valence-corrected chi connectivity index (χ2v) is 8.02. The first kappa shape index (κ1) is 26.9. The summed E-state index contributed by atoms with van der Waals surface area (Å²) in [6, 6.07) is 11.8. The number of ether oxygens (including phenoxy) is 3. The van der Waals surface area contributed by atoms with Crippen molar-refractivity contribution in [2.45, 2.75) is 26.3 Å². The van der Waals surface area contributed by atoms with Crippen LogP contribution in [0.15, 0.2) is 47.6 Å². The molecular weight excluding hydrogens is 555 g/mol. The van der Waals surface area contributed by atoms with E-state index in [0.29, 0.717) is 27.2 Å². The first-order chi connectivity index (χ1) is 16.3. The van der Waals surface area contributed by atoms with Crippen LogP contribution in [0.5, 0.6) is 11.5 Å². The Morgan fingerprint density at radius 2 is 1.85 bits per heavy atom. The summed E-state index contributed by atoms with van der Waals surface area (Å²) >= 11 is 2.04. The number of rotatable bonds is 12. The quantitative estimate of drug-likeness (QED) is 0.199. The fourth-order valence-electron chi connectivity index (χ4n) is 2.83. The van der Waals surface area contributed by atoms with Gasteiger partial charge in [-0.25, -0.2) is 10.2 Å². The molecule has 10 nitrogen and oxygen atoms in total. The summed E-state index contributed by atoms with van der Waals surface area (Å²) in [5.74, 6) is -0.305. The van der Waals surface area contributed by atoms with Crippen molar-refractivity contribution in [2.75, 3.05) is 19.8 Å². The maximum absolute atomic E-state index is 12.7. The van der Waals surface area contributed by atoms with E-state index in [1.165, 1.54) is 6.21 Å². The molecule has 0 radical (unpaired) electrons. The van der Waals surface area contributed by atoms with Gasteiger partial charge < -0.3 is 25.3 Å². The number of benzene rings is 2. The molecule has 0 aliphatic heterocycles. The zero-order valence-corrected chi connectivity index (χ0v) is 21.0. The Labute approximate surface area is 211 Å². The lowest BCUT2D eigenvalue weighted by Gasteiger charge is -2.17. The summed E-state index contributed by atoms with van der Waals surface area (Å²) in [6.07, 6.45) is 1.01. The van der Waals surface area contributed by atoms with Gasteiger partial charge in [-0.1, -0.05) is 30.3 Å². The highest BCUT2D eigenvalue weighted by molar-refractivity contribution is 14.1. The van der Waals surface area contributed by atoms with Gasteiger partial charge >= 0.3 is 6.09 Å². The predicted molar refractivity (Wildman–Crippen MR) is 135 cm³/mol. The zero-order valence-electron chi connectivity index (χ0n) is 18.9. The number of primary amides is 1. The lowest BCUT2D eigenvalue weighted by molar-refractivity contribution is -0.123. The van der Waals surface area contributed by atoms with E-state index in [1.54, 1.807) is 19.1 Å². The van der Waals surface area contributed by atoms with E-state index in [1.807, 2.05) is 59.8 Å². The first-order valence-corrected chi connectivity index (χ1v) is 11.6. The molecule has 0 bridgehead atoms. The summed E-state index contributed by atoms with van der Waals surface area (Å²) < 4.78 is 16.6. The average molecular weight is 582 g/mol. The van der Waals surface area contributed by atoms with Gasteiger partial charge in [0.05, 0.1) is 23.0 Å². The smallest absolute Gasteiger partial charge is 0.407 e. The number of carbonyl (C=O) groups excluding carboxylic acids is 3. The Kier molecular flexibility index (Phi) is 11.1. The predicted octanol–water partition coefficient (Wildman–Crippen LogP) is 2.36. The van der Waals surface area contributed by atoms with Gasteiger partial charge in [-0.15, -0.1) is 0 Å². The van der Waals surface area contributed by atoms with E-state index in [4.69, 9.17) is 19.9 Å². The van der Waals surface area contributed by atoms with Crippen LogP contribution in [0.1, 0.15) is 25.0 Å². The van der Waals surface area contributed by atoms with Crippen LogP contribution in [0.4, 0.5) is 4.79 Å². The maximum atomic E-state index is 12.7. The molecule has 1 atom stereocenters. The van der Waals surface area contributed by atoms with Gasteiger partial charge in [-0.2, -0.15) is 5.10 Å². The molecule has 0 heterocycles. The minimum atomic E-state index is -0.887. The summed E-state index contributed by atoms with van der Waals surface area (Å²) in [7, 11) is 0. The Morgan fingerprint density at radius 3 is 2.50 bits per heavy atom. The van der Waals surface area contributed by atoms with Gasteiger partial charge in [-0.3, -0.25) is 9.59 Å². The highest BCUT2D eigenvalue weighted by Crippen LogP contribution is 2.33. The van der Waals surface area contributed by atoms with Crippen LogP contribution in [0.25, 0.3) is 0 Å². The topological polar surface area (TPSA) is 141 Å². The summed E-state index contributed by atoms with van der Waals surface area (Å²) in [5, 5.41) is 6.57. The minimum Gasteiger partial charge on any atom is -0.490 e. The molecule has 0 saturated carbocycles. The van der Waals surface area contributed by atoms with Crippen molar-refractivity contribution in [1.29, 1.82) is 0 Å². The fourth-order valence-corrected chi connectivity index (χ4v) is 3.61. The standard InChI is InChI=1S/C23H27IN4O6/c1-3-32-19-12-16(10-17(24)21(19)34-14-20(25)29)13-26-28-22(30)18(27-23(31)33-4-2)11-15-8-6-5-7-9-15/h5-10,12-13,18H,3-4,11,14H2,1-2H3,(H2,25,29)(H,27,31)(H,28,30)/b26-13-/t18-/m1/s1. The second-order valence-electron chi connectivity index (χ2n) is 6.86. The number of alkyl carbamates (subject to hydrolysis) is 1. The van der Waals surface area contributed by atoms with Gasteiger partial charge in [0.2, 0.25) is 0 Å². The fraction of sp³-hybridized carbons (Fsp3) is 0.304. The molecule has 2 aromatic carbocycles. The molecule has 3 amide bonds. The molecule has 0 saturated heterocycles. The van der Waals surface area contributed by atoms with Gasteiger partial charge in [-0.05, 0) is 59.7 Å². The maximum Gasteiger partial charge on any atom is 0.407 e. The number of nitrogens with one attached hydrogen (secondary N) is 2. The van der Waals surface area contributed by atoms with Crippen molar-refractivity contribution in [3.8, 4) is 11.5 Å². The van der Waals surface area contributed by atoms with Gasteiger partial charge in [0.15, 0.2) is 18.1 Å². The zero-order chi connectivity index (χ0) is 24.9. The van der Waals surface area contributed by atoms with Crippen molar-refractivity contribution in [3.63, 3.8) is 0 Å². The lowest BCUT2D eigenvalue weighted by Crippen LogP contribution is -2.47. The summed E-state index contributed by atoms with van der Waals surface area (Å²) in [6.45, 7) is 3.77. The van der Waals surface area contributed by atoms with Gasteiger partial charge in [0.1, 0.15) is 6.04 Å². The highest BCUT2D eigenvalue weighted by Gasteiger charge is 2.21. The summed E-state index contributed by atoms with van der Waals surface area (Å²) in [5.41, 5.74) is 9.09. The van der Waals surface area contributed by atoms with Crippen LogP contribution in [-0.4, -0.2) is 50.0 Å². The van der Waals surface area contributed by atoms with Gasteiger partial charge in [0.25, 0.3) is 11.8 Å². The van der Waals surface area contributed by atoms with Crippen LogP contribution in [0.2, 0.25) is 0 Å². The molecule has 0 fully saturated rings. The monoisotopic (exact) mass is 582 g/mol. The average Bonchev–Trinajstić information content (AvgIpc) is 2.79. The van der Waals surface area contributed by atoms with Crippen LogP contribution in [0, 0.1) is 3.57 Å². The molecule has 182 valence electrons. The van der Waals surface area contributed by atoms with Crippen LogP contribution < -0.4 is 25.9 Å². The van der Waals surface area contributed by atoms with Gasteiger partial charge in [0, 0.05) is 6.42 Å². The van der Waals surface area contributed by atoms with E-state index in [2.05, 4.69) is 15.8 Å². The van der Waals surface area contributed by atoms with E-state index in [0.717, 1.165) is 5.56 Å². The number of carbonyl (C=O) groups is 3. The number of amides is 3. The molecule has 2 rings (SSSR count). The van der Waals surface area contributed by atoms with Crippen molar-refractivity contribution < 1.29 is 28.6 Å². The number of nitrogens with two attached hydrogens (primary N) is 1. The van der Waals surface area contributed by atoms with Crippen molar-refractivity contribution in [3.05, 3.63) is 57.2 Å². The highest BCUT2D eigenvalue weighted by atomic mass is 127. The molecule has 34 heavy (non-hydrogen) atoms. The number of halogens is 1. The number of hydrogen-bond acceptors (Lipinski definition) is 7. The molecule has 4 N–H and O–H groups in total. The largest absolute Gasteiger partial charge is 0.490 e. The Hall–Kier alpha value is -3.35. The normalized spacial score (nSPS) is 11.5. The molecule has 11 heteroatoms. The van der Waals surface area contributed by atoms with E-state index >= 15 is 0 Å². The van der Waals surface area contributed by atoms with Crippen LogP contribution in [0.3, 0.4) is 0 Å². The van der Waals surface area contributed by atoms with E-state index in [-0.39, 0.29) is 19.6 Å². The molecule has 2 aromatic rings. The SMILES string of the molecule is CCOC(=O)N[C@H](Cc1ccccc1)C(=O)N/N=C\c1cc(I)c(OCC(N)=O)c(OCC)c1. The van der Waals surface area contributed by atoms with Crippen LogP contribution in [-0.2, 0) is 20.7 Å².